The minimum Gasteiger partial charge on any atom is -0.358 e. The molecule has 2 heterocycles. The zero-order chi connectivity index (χ0) is 13.2. The van der Waals surface area contributed by atoms with Crippen LogP contribution in [0.5, 0.6) is 0 Å². The minimum absolute atomic E-state index is 0.339. The van der Waals surface area contributed by atoms with Crippen LogP contribution in [-0.4, -0.2) is 31.2 Å². The number of aromatic nitrogens is 1. The van der Waals surface area contributed by atoms with Gasteiger partial charge in [0.05, 0.1) is 0 Å². The van der Waals surface area contributed by atoms with Gasteiger partial charge in [-0.25, -0.2) is 4.98 Å². The quantitative estimate of drug-likeness (QED) is 0.902. The van der Waals surface area contributed by atoms with Gasteiger partial charge in [0.2, 0.25) is 0 Å². The van der Waals surface area contributed by atoms with E-state index in [9.17, 15) is 13.2 Å². The Morgan fingerprint density at radius 3 is 2.83 bits per heavy atom. The average Bonchev–Trinajstić information content (AvgIpc) is 2.81. The standard InChI is InChI=1S/C12H16F3N3/c1-18(8-9-4-3-7-16-9)11-6-2-5-10(17-11)12(13,14)15/h2,5-6,9,16H,3-4,7-8H2,1H3. The lowest BCUT2D eigenvalue weighted by atomic mass is 10.2. The fourth-order valence-corrected chi connectivity index (χ4v) is 2.13. The van der Waals surface area contributed by atoms with Gasteiger partial charge >= 0.3 is 6.18 Å². The van der Waals surface area contributed by atoms with Crippen LogP contribution in [0.25, 0.3) is 0 Å². The van der Waals surface area contributed by atoms with Gasteiger partial charge in [-0.05, 0) is 31.5 Å². The van der Waals surface area contributed by atoms with Crippen molar-refractivity contribution in [2.24, 2.45) is 0 Å². The number of likely N-dealkylation sites (N-methyl/N-ethyl adjacent to an activating group) is 1. The topological polar surface area (TPSA) is 28.2 Å². The van der Waals surface area contributed by atoms with Crippen LogP contribution in [0.1, 0.15) is 18.5 Å². The van der Waals surface area contributed by atoms with Crippen LogP contribution in [0.2, 0.25) is 0 Å². The summed E-state index contributed by atoms with van der Waals surface area (Å²) in [5, 5.41) is 3.31. The Morgan fingerprint density at radius 2 is 2.22 bits per heavy atom. The molecule has 0 spiro atoms. The number of hydrogen-bond donors (Lipinski definition) is 1. The lowest BCUT2D eigenvalue weighted by molar-refractivity contribution is -0.141. The molecule has 0 radical (unpaired) electrons. The Kier molecular flexibility index (Phi) is 3.75. The van der Waals surface area contributed by atoms with E-state index in [1.807, 2.05) is 0 Å². The molecule has 0 saturated carbocycles. The first kappa shape index (κ1) is 13.1. The molecule has 2 rings (SSSR count). The molecular weight excluding hydrogens is 243 g/mol. The zero-order valence-electron chi connectivity index (χ0n) is 10.2. The summed E-state index contributed by atoms with van der Waals surface area (Å²) in [4.78, 5) is 5.42. The van der Waals surface area contributed by atoms with Crippen LogP contribution in [0, 0.1) is 0 Å². The van der Waals surface area contributed by atoms with E-state index in [0.717, 1.165) is 25.5 Å². The maximum absolute atomic E-state index is 12.5. The molecule has 1 aromatic rings. The van der Waals surface area contributed by atoms with E-state index in [1.165, 1.54) is 6.07 Å². The fraction of sp³-hybridized carbons (Fsp3) is 0.583. The van der Waals surface area contributed by atoms with Gasteiger partial charge in [0, 0.05) is 19.6 Å². The second kappa shape index (κ2) is 5.14. The smallest absolute Gasteiger partial charge is 0.358 e. The van der Waals surface area contributed by atoms with Crippen molar-refractivity contribution in [2.75, 3.05) is 25.0 Å². The van der Waals surface area contributed by atoms with E-state index >= 15 is 0 Å². The van der Waals surface area contributed by atoms with E-state index in [2.05, 4.69) is 10.3 Å². The molecule has 0 bridgehead atoms. The molecular formula is C12H16F3N3. The summed E-state index contributed by atoms with van der Waals surface area (Å²) in [5.41, 5.74) is -0.841. The molecule has 1 saturated heterocycles. The highest BCUT2D eigenvalue weighted by Gasteiger charge is 2.32. The van der Waals surface area contributed by atoms with E-state index in [1.54, 1.807) is 18.0 Å². The third kappa shape index (κ3) is 3.13. The van der Waals surface area contributed by atoms with Crippen molar-refractivity contribution in [3.63, 3.8) is 0 Å². The lowest BCUT2D eigenvalue weighted by Gasteiger charge is -2.22. The van der Waals surface area contributed by atoms with E-state index in [0.29, 0.717) is 18.4 Å². The number of hydrogen-bond acceptors (Lipinski definition) is 3. The van der Waals surface area contributed by atoms with Crippen LogP contribution < -0.4 is 10.2 Å². The maximum Gasteiger partial charge on any atom is 0.433 e. The van der Waals surface area contributed by atoms with Crippen LogP contribution in [-0.2, 0) is 6.18 Å². The Hall–Kier alpha value is -1.30. The Bertz CT molecular complexity index is 400. The summed E-state index contributed by atoms with van der Waals surface area (Å²) < 4.78 is 37.6. The van der Waals surface area contributed by atoms with Crippen molar-refractivity contribution in [2.45, 2.75) is 25.1 Å². The Balaban J connectivity index is 2.07. The van der Waals surface area contributed by atoms with E-state index < -0.39 is 11.9 Å². The first-order valence-corrected chi connectivity index (χ1v) is 5.95. The molecule has 1 aromatic heterocycles. The lowest BCUT2D eigenvalue weighted by Crippen LogP contribution is -2.35. The molecule has 100 valence electrons. The number of nitrogens with zero attached hydrogens (tertiary/aromatic N) is 2. The predicted octanol–water partition coefficient (Wildman–Crippen LogP) is 2.29. The molecule has 1 fully saturated rings. The molecule has 1 aliphatic rings. The van der Waals surface area contributed by atoms with Gasteiger partial charge in [0.25, 0.3) is 0 Å². The molecule has 1 unspecified atom stereocenters. The van der Waals surface area contributed by atoms with Crippen molar-refractivity contribution < 1.29 is 13.2 Å². The highest BCUT2D eigenvalue weighted by molar-refractivity contribution is 5.39. The fourth-order valence-electron chi connectivity index (χ4n) is 2.13. The van der Waals surface area contributed by atoms with Crippen LogP contribution in [0.15, 0.2) is 18.2 Å². The summed E-state index contributed by atoms with van der Waals surface area (Å²) in [6, 6.07) is 4.32. The number of alkyl halides is 3. The summed E-state index contributed by atoms with van der Waals surface area (Å²) in [6.45, 7) is 1.66. The highest BCUT2D eigenvalue weighted by atomic mass is 19.4. The van der Waals surface area contributed by atoms with Crippen molar-refractivity contribution in [1.29, 1.82) is 0 Å². The number of pyridine rings is 1. The second-order valence-corrected chi connectivity index (χ2v) is 4.55. The van der Waals surface area contributed by atoms with Crippen LogP contribution in [0.4, 0.5) is 19.0 Å². The molecule has 0 aromatic carbocycles. The largest absolute Gasteiger partial charge is 0.433 e. The molecule has 1 aliphatic heterocycles. The predicted molar refractivity (Wildman–Crippen MR) is 63.5 cm³/mol. The molecule has 1 atom stereocenters. The molecule has 18 heavy (non-hydrogen) atoms. The third-order valence-electron chi connectivity index (χ3n) is 3.07. The van der Waals surface area contributed by atoms with Gasteiger partial charge in [0.1, 0.15) is 11.5 Å². The van der Waals surface area contributed by atoms with Gasteiger partial charge in [-0.15, -0.1) is 0 Å². The number of anilines is 1. The molecule has 0 aliphatic carbocycles. The summed E-state index contributed by atoms with van der Waals surface area (Å²) in [6.07, 6.45) is -2.21. The maximum atomic E-state index is 12.5. The van der Waals surface area contributed by atoms with Crippen molar-refractivity contribution in [3.8, 4) is 0 Å². The monoisotopic (exact) mass is 259 g/mol. The number of rotatable bonds is 3. The van der Waals surface area contributed by atoms with E-state index in [4.69, 9.17) is 0 Å². The summed E-state index contributed by atoms with van der Waals surface area (Å²) in [5.74, 6) is 0.360. The summed E-state index contributed by atoms with van der Waals surface area (Å²) >= 11 is 0. The molecule has 0 amide bonds. The average molecular weight is 259 g/mol. The van der Waals surface area contributed by atoms with Gasteiger partial charge in [0.15, 0.2) is 0 Å². The third-order valence-corrected chi connectivity index (χ3v) is 3.07. The molecule has 3 nitrogen and oxygen atoms in total. The van der Waals surface area contributed by atoms with Gasteiger partial charge in [-0.1, -0.05) is 6.07 Å². The SMILES string of the molecule is CN(CC1CCCN1)c1cccc(C(F)(F)F)n1. The zero-order valence-corrected chi connectivity index (χ0v) is 10.2. The minimum atomic E-state index is -4.39. The molecule has 1 N–H and O–H groups in total. The first-order chi connectivity index (χ1) is 8.47. The molecule has 6 heteroatoms. The van der Waals surface area contributed by atoms with Gasteiger partial charge < -0.3 is 10.2 Å². The number of nitrogens with one attached hydrogen (secondary N) is 1. The van der Waals surface area contributed by atoms with Crippen molar-refractivity contribution in [1.82, 2.24) is 10.3 Å². The Labute approximate surface area is 104 Å². The summed E-state index contributed by atoms with van der Waals surface area (Å²) in [7, 11) is 1.77. The first-order valence-electron chi connectivity index (χ1n) is 5.95. The van der Waals surface area contributed by atoms with Crippen LogP contribution >= 0.6 is 0 Å². The highest BCUT2D eigenvalue weighted by Crippen LogP contribution is 2.28. The van der Waals surface area contributed by atoms with E-state index in [-0.39, 0.29) is 0 Å². The van der Waals surface area contributed by atoms with Crippen molar-refractivity contribution in [3.05, 3.63) is 23.9 Å². The van der Waals surface area contributed by atoms with Gasteiger partial charge in [-0.3, -0.25) is 0 Å². The number of halogens is 3. The van der Waals surface area contributed by atoms with Crippen molar-refractivity contribution >= 4 is 5.82 Å². The second-order valence-electron chi connectivity index (χ2n) is 4.55. The normalized spacial score (nSPS) is 20.1. The Morgan fingerprint density at radius 1 is 1.44 bits per heavy atom. The van der Waals surface area contributed by atoms with Gasteiger partial charge in [-0.2, -0.15) is 13.2 Å². The van der Waals surface area contributed by atoms with Crippen LogP contribution in [0.3, 0.4) is 0 Å².